The number of ether oxygens (including phenoxy) is 2. The Morgan fingerprint density at radius 2 is 1.65 bits per heavy atom. The molecule has 0 saturated carbocycles. The maximum atomic E-state index is 12.3. The number of phenolic OH excluding ortho intramolecular Hbond substituents is 1. The monoisotopic (exact) mass is 463 g/mol. The lowest BCUT2D eigenvalue weighted by Crippen LogP contribution is -2.41. The topological polar surface area (TPSA) is 125 Å². The molecule has 0 saturated heterocycles. The number of nitrogens with one attached hydrogen (secondary N) is 1. The van der Waals surface area contributed by atoms with Crippen molar-refractivity contribution in [3.63, 3.8) is 0 Å². The lowest BCUT2D eigenvalue weighted by molar-refractivity contribution is -0.139. The lowest BCUT2D eigenvalue weighted by Gasteiger charge is -2.33. The second kappa shape index (κ2) is 9.84. The Balaban J connectivity index is 1.32. The van der Waals surface area contributed by atoms with Crippen molar-refractivity contribution in [1.29, 1.82) is 0 Å². The van der Waals surface area contributed by atoms with Gasteiger partial charge in [0.05, 0.1) is 0 Å². The Kier molecular flexibility index (Phi) is 6.70. The van der Waals surface area contributed by atoms with E-state index in [9.17, 15) is 19.8 Å². The van der Waals surface area contributed by atoms with E-state index in [-0.39, 0.29) is 18.8 Å². The molecule has 1 aliphatic rings. The molecule has 0 unspecified atom stereocenters. The largest absolute Gasteiger partial charge is 0.508 e. The Labute approximate surface area is 196 Å². The quantitative estimate of drug-likeness (QED) is 0.417. The Morgan fingerprint density at radius 3 is 2.32 bits per heavy atom. The average Bonchev–Trinajstić information content (AvgIpc) is 2.82. The van der Waals surface area contributed by atoms with Crippen LogP contribution in [0.4, 0.5) is 10.5 Å². The summed E-state index contributed by atoms with van der Waals surface area (Å²) in [5, 5.41) is 31.9. The highest BCUT2D eigenvalue weighted by molar-refractivity contribution is 5.85. The second-order valence-corrected chi connectivity index (χ2v) is 8.30. The van der Waals surface area contributed by atoms with E-state index in [1.165, 1.54) is 0 Å². The highest BCUT2D eigenvalue weighted by Gasteiger charge is 2.35. The summed E-state index contributed by atoms with van der Waals surface area (Å²) in [6.45, 7) is -0.607. The number of carboxylic acids is 1. The third-order valence-electron chi connectivity index (χ3n) is 5.74. The number of aliphatic hydroxyl groups is 1. The second-order valence-electron chi connectivity index (χ2n) is 8.30. The number of aromatic hydroxyl groups is 1. The van der Waals surface area contributed by atoms with Crippen LogP contribution in [0.15, 0.2) is 66.7 Å². The average molecular weight is 463 g/mol. The summed E-state index contributed by atoms with van der Waals surface area (Å²) in [5.41, 5.74) is 2.90. The fourth-order valence-corrected chi connectivity index (χ4v) is 4.01. The number of phenols is 1. The number of hydrogen-bond acceptors (Lipinski definition) is 6. The number of anilines is 1. The molecule has 0 radical (unpaired) electrons. The highest BCUT2D eigenvalue weighted by Crippen LogP contribution is 2.34. The molecule has 1 aliphatic carbocycles. The molecule has 1 amide bonds. The minimum absolute atomic E-state index is 0.177. The van der Waals surface area contributed by atoms with Gasteiger partial charge in [0, 0.05) is 12.1 Å². The standard InChI is InChI=1S/C26H25NO7/c28-21-10-6-18(7-11-21)17-4-8-20(9-5-17)27-25(31)34-16-26(32)13-12-22-19(14-26)2-1-3-23(22)33-15-24(29)30/h1-11,28,32H,12-16H2,(H,27,31)(H,29,30)/t26-/m1/s1. The van der Waals surface area contributed by atoms with Gasteiger partial charge in [-0.3, -0.25) is 5.32 Å². The zero-order valence-corrected chi connectivity index (χ0v) is 18.4. The van der Waals surface area contributed by atoms with Crippen LogP contribution in [0.1, 0.15) is 17.5 Å². The SMILES string of the molecule is O=C(O)COc1cccc2c1CC[C@](O)(COC(=O)Nc1ccc(-c3ccc(O)cc3)cc1)C2. The van der Waals surface area contributed by atoms with Crippen LogP contribution in [0, 0.1) is 0 Å². The number of carboxylic acid groups (broad SMARTS) is 1. The van der Waals surface area contributed by atoms with Crippen molar-refractivity contribution in [2.24, 2.45) is 0 Å². The number of carbonyl (C=O) groups excluding carboxylic acids is 1. The van der Waals surface area contributed by atoms with E-state index in [1.54, 1.807) is 48.5 Å². The Hall–Kier alpha value is -4.04. The number of carbonyl (C=O) groups is 2. The van der Waals surface area contributed by atoms with Crippen LogP contribution in [0.2, 0.25) is 0 Å². The summed E-state index contributed by atoms with van der Waals surface area (Å²) in [5.74, 6) is -0.365. The van der Waals surface area contributed by atoms with Gasteiger partial charge >= 0.3 is 12.1 Å². The molecule has 3 aromatic carbocycles. The van der Waals surface area contributed by atoms with Crippen molar-refractivity contribution < 1.29 is 34.4 Å². The minimum atomic E-state index is -1.22. The van der Waals surface area contributed by atoms with Crippen LogP contribution in [0.25, 0.3) is 11.1 Å². The molecule has 176 valence electrons. The van der Waals surface area contributed by atoms with E-state index in [2.05, 4.69) is 5.32 Å². The van der Waals surface area contributed by atoms with E-state index in [4.69, 9.17) is 14.6 Å². The predicted octanol–water partition coefficient (Wildman–Crippen LogP) is 3.99. The molecule has 0 fully saturated rings. The van der Waals surface area contributed by atoms with Crippen molar-refractivity contribution in [1.82, 2.24) is 0 Å². The Bertz CT molecular complexity index is 1170. The molecule has 0 heterocycles. The highest BCUT2D eigenvalue weighted by atomic mass is 16.6. The molecule has 34 heavy (non-hydrogen) atoms. The van der Waals surface area contributed by atoms with Crippen molar-refractivity contribution in [2.45, 2.75) is 24.9 Å². The number of aliphatic carboxylic acids is 1. The van der Waals surface area contributed by atoms with Gasteiger partial charge in [0.1, 0.15) is 23.7 Å². The summed E-state index contributed by atoms with van der Waals surface area (Å²) in [6.07, 6.45) is 0.421. The van der Waals surface area contributed by atoms with Crippen LogP contribution in [-0.2, 0) is 22.4 Å². The molecule has 4 N–H and O–H groups in total. The molecule has 1 atom stereocenters. The fourth-order valence-electron chi connectivity index (χ4n) is 4.01. The van der Waals surface area contributed by atoms with Crippen molar-refractivity contribution in [3.8, 4) is 22.6 Å². The summed E-state index contributed by atoms with van der Waals surface area (Å²) in [7, 11) is 0. The van der Waals surface area contributed by atoms with E-state index < -0.39 is 24.3 Å². The van der Waals surface area contributed by atoms with E-state index in [0.29, 0.717) is 24.3 Å². The first-order valence-corrected chi connectivity index (χ1v) is 10.8. The number of hydrogen-bond donors (Lipinski definition) is 4. The van der Waals surface area contributed by atoms with Crippen LogP contribution in [0.3, 0.4) is 0 Å². The van der Waals surface area contributed by atoms with Crippen molar-refractivity contribution >= 4 is 17.7 Å². The third-order valence-corrected chi connectivity index (χ3v) is 5.74. The molecule has 4 rings (SSSR count). The van der Waals surface area contributed by atoms with E-state index in [1.807, 2.05) is 18.2 Å². The number of rotatable bonds is 7. The fraction of sp³-hybridized carbons (Fsp3) is 0.231. The van der Waals surface area contributed by atoms with Gasteiger partial charge in [0.25, 0.3) is 0 Å². The van der Waals surface area contributed by atoms with E-state index in [0.717, 1.165) is 22.3 Å². The van der Waals surface area contributed by atoms with Gasteiger partial charge in [-0.1, -0.05) is 36.4 Å². The molecule has 0 bridgehead atoms. The molecular formula is C26H25NO7. The summed E-state index contributed by atoms with van der Waals surface area (Å²) in [4.78, 5) is 23.1. The van der Waals surface area contributed by atoms with Crippen LogP contribution >= 0.6 is 0 Å². The van der Waals surface area contributed by atoms with Crippen LogP contribution in [0.5, 0.6) is 11.5 Å². The molecule has 0 aliphatic heterocycles. The predicted molar refractivity (Wildman–Crippen MR) is 125 cm³/mol. The molecule has 8 nitrogen and oxygen atoms in total. The molecule has 8 heteroatoms. The van der Waals surface area contributed by atoms with Gasteiger partial charge < -0.3 is 24.8 Å². The number of fused-ring (bicyclic) bond motifs is 1. The zero-order valence-electron chi connectivity index (χ0n) is 18.4. The van der Waals surface area contributed by atoms with Crippen LogP contribution in [-0.4, -0.2) is 46.2 Å². The molecule has 0 aromatic heterocycles. The maximum Gasteiger partial charge on any atom is 0.411 e. The maximum absolute atomic E-state index is 12.3. The Morgan fingerprint density at radius 1 is 0.971 bits per heavy atom. The third kappa shape index (κ3) is 5.65. The first-order chi connectivity index (χ1) is 16.3. The summed E-state index contributed by atoms with van der Waals surface area (Å²) < 4.78 is 10.7. The zero-order chi connectivity index (χ0) is 24.1. The number of amides is 1. The summed E-state index contributed by atoms with van der Waals surface area (Å²) >= 11 is 0. The first-order valence-electron chi connectivity index (χ1n) is 10.8. The van der Waals surface area contributed by atoms with Gasteiger partial charge in [-0.25, -0.2) is 9.59 Å². The van der Waals surface area contributed by atoms with E-state index >= 15 is 0 Å². The molecule has 0 spiro atoms. The lowest BCUT2D eigenvalue weighted by atomic mass is 9.80. The van der Waals surface area contributed by atoms with Gasteiger partial charge in [-0.15, -0.1) is 0 Å². The van der Waals surface area contributed by atoms with Crippen molar-refractivity contribution in [2.75, 3.05) is 18.5 Å². The number of benzene rings is 3. The van der Waals surface area contributed by atoms with Crippen LogP contribution < -0.4 is 10.1 Å². The van der Waals surface area contributed by atoms with Gasteiger partial charge in [-0.2, -0.15) is 0 Å². The minimum Gasteiger partial charge on any atom is -0.508 e. The van der Waals surface area contributed by atoms with Crippen molar-refractivity contribution in [3.05, 3.63) is 77.9 Å². The van der Waals surface area contributed by atoms with Gasteiger partial charge in [0.15, 0.2) is 6.61 Å². The van der Waals surface area contributed by atoms with Gasteiger partial charge in [-0.05, 0) is 65.4 Å². The summed E-state index contributed by atoms with van der Waals surface area (Å²) in [6, 6.07) is 19.3. The molecule has 3 aromatic rings. The first kappa shape index (κ1) is 23.1. The smallest absolute Gasteiger partial charge is 0.411 e. The molecular weight excluding hydrogens is 438 g/mol. The normalized spacial score (nSPS) is 16.9. The van der Waals surface area contributed by atoms with Gasteiger partial charge in [0.2, 0.25) is 0 Å².